The Bertz CT molecular complexity index is 504. The van der Waals surface area contributed by atoms with Crippen LogP contribution in [0.4, 0.5) is 0 Å². The molecule has 0 saturated carbocycles. The van der Waals surface area contributed by atoms with Gasteiger partial charge < -0.3 is 14.8 Å². The Morgan fingerprint density at radius 1 is 1.35 bits per heavy atom. The van der Waals surface area contributed by atoms with Crippen LogP contribution in [0.1, 0.15) is 18.4 Å². The molecule has 0 radical (unpaired) electrons. The molecule has 1 heterocycles. The van der Waals surface area contributed by atoms with E-state index >= 15 is 0 Å². The van der Waals surface area contributed by atoms with E-state index in [1.165, 1.54) is 0 Å². The second kappa shape index (κ2) is 5.50. The number of carbonyl (C=O) groups excluding carboxylic acids is 1. The lowest BCUT2D eigenvalue weighted by molar-refractivity contribution is -0.121. The fraction of sp³-hybridized carbons (Fsp3) is 0.308. The summed E-state index contributed by atoms with van der Waals surface area (Å²) in [5.41, 5.74) is 1.80. The van der Waals surface area contributed by atoms with E-state index in [1.54, 1.807) is 6.26 Å². The van der Waals surface area contributed by atoms with Crippen LogP contribution in [0.2, 0.25) is 0 Å². The highest BCUT2D eigenvalue weighted by atomic mass is 16.3. The van der Waals surface area contributed by atoms with Gasteiger partial charge in [-0.15, -0.1) is 0 Å². The summed E-state index contributed by atoms with van der Waals surface area (Å²) in [6.45, 7) is 0.503. The van der Waals surface area contributed by atoms with Crippen LogP contribution in [-0.2, 0) is 11.3 Å². The lowest BCUT2D eigenvalue weighted by Gasteiger charge is -2.02. The highest BCUT2D eigenvalue weighted by molar-refractivity contribution is 5.82. The second-order valence-electron chi connectivity index (χ2n) is 3.86. The first kappa shape index (κ1) is 11.7. The molecule has 1 amide bonds. The number of hydrogen-bond donors (Lipinski definition) is 2. The molecule has 1 aromatic heterocycles. The van der Waals surface area contributed by atoms with Gasteiger partial charge in [0.2, 0.25) is 5.91 Å². The molecule has 2 aromatic rings. The number of aliphatic hydroxyl groups is 1. The van der Waals surface area contributed by atoms with Gasteiger partial charge in [0.25, 0.3) is 0 Å². The van der Waals surface area contributed by atoms with Gasteiger partial charge in [0, 0.05) is 30.5 Å². The molecule has 0 aliphatic carbocycles. The molecule has 90 valence electrons. The third-order valence-corrected chi connectivity index (χ3v) is 2.60. The molecule has 17 heavy (non-hydrogen) atoms. The van der Waals surface area contributed by atoms with Crippen molar-refractivity contribution in [3.63, 3.8) is 0 Å². The van der Waals surface area contributed by atoms with Crippen LogP contribution < -0.4 is 5.32 Å². The number of benzene rings is 1. The Morgan fingerprint density at radius 2 is 2.18 bits per heavy atom. The van der Waals surface area contributed by atoms with Gasteiger partial charge in [0.15, 0.2) is 0 Å². The zero-order valence-corrected chi connectivity index (χ0v) is 9.48. The first-order valence-electron chi connectivity index (χ1n) is 5.64. The normalized spacial score (nSPS) is 10.6. The molecule has 0 saturated heterocycles. The summed E-state index contributed by atoms with van der Waals surface area (Å²) in [6.07, 6.45) is 2.52. The van der Waals surface area contributed by atoms with Gasteiger partial charge in [-0.2, -0.15) is 0 Å². The Hall–Kier alpha value is -1.81. The Morgan fingerprint density at radius 3 is 3.00 bits per heavy atom. The number of furan rings is 1. The minimum absolute atomic E-state index is 0.0437. The average molecular weight is 233 g/mol. The zero-order chi connectivity index (χ0) is 12.1. The summed E-state index contributed by atoms with van der Waals surface area (Å²) >= 11 is 0. The maximum absolute atomic E-state index is 11.4. The fourth-order valence-corrected chi connectivity index (χ4v) is 1.69. The smallest absolute Gasteiger partial charge is 0.220 e. The van der Waals surface area contributed by atoms with Crippen LogP contribution in [0, 0.1) is 0 Å². The molecule has 0 spiro atoms. The number of aliphatic hydroxyl groups excluding tert-OH is 1. The number of rotatable bonds is 5. The van der Waals surface area contributed by atoms with E-state index in [-0.39, 0.29) is 12.5 Å². The van der Waals surface area contributed by atoms with E-state index < -0.39 is 0 Å². The van der Waals surface area contributed by atoms with Crippen molar-refractivity contribution in [2.75, 3.05) is 6.61 Å². The summed E-state index contributed by atoms with van der Waals surface area (Å²) in [4.78, 5) is 11.4. The maximum atomic E-state index is 11.4. The third kappa shape index (κ3) is 2.85. The molecule has 0 unspecified atom stereocenters. The molecule has 0 aliphatic rings. The summed E-state index contributed by atoms with van der Waals surface area (Å²) < 4.78 is 5.37. The highest BCUT2D eigenvalue weighted by Crippen LogP contribution is 2.20. The number of hydrogen-bond acceptors (Lipinski definition) is 3. The molecule has 0 fully saturated rings. The van der Waals surface area contributed by atoms with Crippen LogP contribution in [0.25, 0.3) is 11.0 Å². The van der Waals surface area contributed by atoms with Crippen LogP contribution in [-0.4, -0.2) is 17.6 Å². The largest absolute Gasteiger partial charge is 0.464 e. The van der Waals surface area contributed by atoms with Crippen molar-refractivity contribution in [1.29, 1.82) is 0 Å². The van der Waals surface area contributed by atoms with Crippen LogP contribution in [0.15, 0.2) is 34.9 Å². The lowest BCUT2D eigenvalue weighted by Crippen LogP contribution is -2.22. The summed E-state index contributed by atoms with van der Waals surface area (Å²) in [6, 6.07) is 7.71. The average Bonchev–Trinajstić information content (AvgIpc) is 2.77. The zero-order valence-electron chi connectivity index (χ0n) is 9.48. The van der Waals surface area contributed by atoms with E-state index in [2.05, 4.69) is 5.32 Å². The number of amides is 1. The molecule has 1 aromatic carbocycles. The Balaban J connectivity index is 1.97. The van der Waals surface area contributed by atoms with Crippen molar-refractivity contribution < 1.29 is 14.3 Å². The van der Waals surface area contributed by atoms with Gasteiger partial charge in [0.05, 0.1) is 6.26 Å². The van der Waals surface area contributed by atoms with E-state index in [4.69, 9.17) is 9.52 Å². The molecule has 2 N–H and O–H groups in total. The quantitative estimate of drug-likeness (QED) is 0.828. The molecule has 0 bridgehead atoms. The molecular weight excluding hydrogens is 218 g/mol. The first-order valence-corrected chi connectivity index (χ1v) is 5.64. The standard InChI is InChI=1S/C13H15NO3/c15-7-3-6-13(16)14-8-10-9-17-12-5-2-1-4-11(10)12/h1-2,4-5,9,15H,3,6-8H2,(H,14,16). The van der Waals surface area contributed by atoms with Crippen molar-refractivity contribution in [2.24, 2.45) is 0 Å². The van der Waals surface area contributed by atoms with Crippen molar-refractivity contribution in [3.8, 4) is 0 Å². The maximum Gasteiger partial charge on any atom is 0.220 e. The Kier molecular flexibility index (Phi) is 3.77. The van der Waals surface area contributed by atoms with Crippen LogP contribution in [0.5, 0.6) is 0 Å². The Labute approximate surface area is 99.2 Å². The van der Waals surface area contributed by atoms with Crippen molar-refractivity contribution >= 4 is 16.9 Å². The van der Waals surface area contributed by atoms with Gasteiger partial charge in [-0.3, -0.25) is 4.79 Å². The molecule has 4 nitrogen and oxygen atoms in total. The van der Waals surface area contributed by atoms with Gasteiger partial charge in [-0.05, 0) is 12.5 Å². The summed E-state index contributed by atoms with van der Waals surface area (Å²) in [5, 5.41) is 12.4. The van der Waals surface area contributed by atoms with Gasteiger partial charge in [-0.1, -0.05) is 18.2 Å². The monoisotopic (exact) mass is 233 g/mol. The third-order valence-electron chi connectivity index (χ3n) is 2.60. The fourth-order valence-electron chi connectivity index (χ4n) is 1.69. The van der Waals surface area contributed by atoms with Crippen LogP contribution >= 0.6 is 0 Å². The SMILES string of the molecule is O=C(CCCO)NCc1coc2ccccc12. The van der Waals surface area contributed by atoms with Gasteiger partial charge >= 0.3 is 0 Å². The molecule has 2 rings (SSSR count). The van der Waals surface area contributed by atoms with Gasteiger partial charge in [0.1, 0.15) is 5.58 Å². The second-order valence-corrected chi connectivity index (χ2v) is 3.86. The number of carbonyl (C=O) groups is 1. The molecule has 4 heteroatoms. The topological polar surface area (TPSA) is 62.5 Å². The summed E-state index contributed by atoms with van der Waals surface area (Å²) in [7, 11) is 0. The number of fused-ring (bicyclic) bond motifs is 1. The predicted molar refractivity (Wildman–Crippen MR) is 64.4 cm³/mol. The minimum Gasteiger partial charge on any atom is -0.464 e. The van der Waals surface area contributed by atoms with E-state index in [9.17, 15) is 4.79 Å². The summed E-state index contributed by atoms with van der Waals surface area (Å²) in [5.74, 6) is -0.0515. The van der Waals surface area contributed by atoms with Gasteiger partial charge in [-0.25, -0.2) is 0 Å². The van der Waals surface area contributed by atoms with Crippen LogP contribution in [0.3, 0.4) is 0 Å². The lowest BCUT2D eigenvalue weighted by atomic mass is 10.2. The predicted octanol–water partition coefficient (Wildman–Crippen LogP) is 1.82. The first-order chi connectivity index (χ1) is 8.31. The van der Waals surface area contributed by atoms with E-state index in [1.807, 2.05) is 24.3 Å². The number of para-hydroxylation sites is 1. The molecular formula is C13H15NO3. The minimum atomic E-state index is -0.0515. The number of nitrogens with one attached hydrogen (secondary N) is 1. The van der Waals surface area contributed by atoms with E-state index in [0.717, 1.165) is 16.5 Å². The molecule has 0 atom stereocenters. The van der Waals surface area contributed by atoms with Crippen molar-refractivity contribution in [3.05, 3.63) is 36.1 Å². The highest BCUT2D eigenvalue weighted by Gasteiger charge is 2.06. The van der Waals surface area contributed by atoms with Crippen molar-refractivity contribution in [2.45, 2.75) is 19.4 Å². The van der Waals surface area contributed by atoms with Crippen molar-refractivity contribution in [1.82, 2.24) is 5.32 Å². The van der Waals surface area contributed by atoms with E-state index in [0.29, 0.717) is 19.4 Å². The molecule has 0 aliphatic heterocycles.